The molecule has 0 saturated carbocycles. The van der Waals surface area contributed by atoms with Crippen LogP contribution in [0.1, 0.15) is 12.1 Å². The average Bonchev–Trinajstić information content (AvgIpc) is 3.34. The summed E-state index contributed by atoms with van der Waals surface area (Å²) in [6.07, 6.45) is 2.58. The van der Waals surface area contributed by atoms with Gasteiger partial charge >= 0.3 is 0 Å². The van der Waals surface area contributed by atoms with E-state index in [0.29, 0.717) is 30.2 Å². The second-order valence-electron chi connectivity index (χ2n) is 6.91. The number of sulfone groups is 1. The fourth-order valence-electron chi connectivity index (χ4n) is 3.21. The van der Waals surface area contributed by atoms with E-state index in [0.717, 1.165) is 27.9 Å². The first kappa shape index (κ1) is 20.5. The molecule has 0 amide bonds. The highest BCUT2D eigenvalue weighted by molar-refractivity contribution is 8.15. The van der Waals surface area contributed by atoms with Crippen LogP contribution in [-0.4, -0.2) is 49.9 Å². The molecule has 9 heteroatoms. The maximum Gasteiger partial charge on any atom is 0.175 e. The van der Waals surface area contributed by atoms with Gasteiger partial charge in [-0.2, -0.15) is 0 Å². The number of fused-ring (bicyclic) bond motifs is 1. The van der Waals surface area contributed by atoms with Gasteiger partial charge in [0.15, 0.2) is 9.84 Å². The zero-order valence-corrected chi connectivity index (χ0v) is 18.0. The lowest BCUT2D eigenvalue weighted by Gasteiger charge is -2.09. The number of ether oxygens (including phenoxy) is 2. The molecule has 0 aliphatic carbocycles. The van der Waals surface area contributed by atoms with Gasteiger partial charge in [0.25, 0.3) is 0 Å². The minimum absolute atomic E-state index is 0.180. The standard InChI is InChI=1S/C21H20N2O5S2/c1-27-19-11-15(28-14-3-5-17(6-4-14)30(2,25)26)9-13-10-18(23-20(13)19)21-22-12-16(29-21)7-8-24/h3-6,8-11,16,23H,7,12H2,1-2H3. The molecule has 0 bridgehead atoms. The number of nitrogens with one attached hydrogen (secondary N) is 1. The van der Waals surface area contributed by atoms with Crippen molar-refractivity contribution in [2.45, 2.75) is 16.6 Å². The number of thioether (sulfide) groups is 1. The van der Waals surface area contributed by atoms with Crippen LogP contribution in [0.4, 0.5) is 0 Å². The fraction of sp³-hybridized carbons (Fsp3) is 0.238. The van der Waals surface area contributed by atoms with Crippen LogP contribution in [0.25, 0.3) is 10.9 Å². The van der Waals surface area contributed by atoms with Crippen LogP contribution in [0, 0.1) is 0 Å². The van der Waals surface area contributed by atoms with E-state index in [1.807, 2.05) is 12.1 Å². The molecule has 3 aromatic rings. The van der Waals surface area contributed by atoms with Gasteiger partial charge in [-0.3, -0.25) is 4.99 Å². The van der Waals surface area contributed by atoms with Crippen molar-refractivity contribution in [2.75, 3.05) is 19.9 Å². The zero-order valence-electron chi connectivity index (χ0n) is 16.4. The molecule has 0 fully saturated rings. The molecular weight excluding hydrogens is 424 g/mol. The van der Waals surface area contributed by atoms with Crippen molar-refractivity contribution in [3.63, 3.8) is 0 Å². The monoisotopic (exact) mass is 444 g/mol. The number of carbonyl (C=O) groups is 1. The van der Waals surface area contributed by atoms with Crippen molar-refractivity contribution in [2.24, 2.45) is 4.99 Å². The number of methoxy groups -OCH3 is 1. The highest BCUT2D eigenvalue weighted by Crippen LogP contribution is 2.36. The van der Waals surface area contributed by atoms with Crippen molar-refractivity contribution >= 4 is 43.8 Å². The fourth-order valence-corrected chi connectivity index (χ4v) is 4.86. The summed E-state index contributed by atoms with van der Waals surface area (Å²) in [5.74, 6) is 1.71. The van der Waals surface area contributed by atoms with E-state index in [4.69, 9.17) is 9.47 Å². The molecular formula is C21H20N2O5S2. The maximum atomic E-state index is 11.6. The molecule has 2 aromatic carbocycles. The SMILES string of the molecule is COc1cc(Oc2ccc(S(C)(=O)=O)cc2)cc2cc(C3=NCC(CC=O)S3)[nH]c12. The van der Waals surface area contributed by atoms with Crippen LogP contribution in [-0.2, 0) is 14.6 Å². The van der Waals surface area contributed by atoms with E-state index in [1.165, 1.54) is 18.4 Å². The van der Waals surface area contributed by atoms with Crippen LogP contribution in [0.5, 0.6) is 17.2 Å². The number of nitrogens with zero attached hydrogens (tertiary/aromatic N) is 1. The number of hydrogen-bond acceptors (Lipinski definition) is 7. The first-order chi connectivity index (χ1) is 14.4. The van der Waals surface area contributed by atoms with Gasteiger partial charge in [0.05, 0.1) is 29.8 Å². The smallest absolute Gasteiger partial charge is 0.175 e. The maximum absolute atomic E-state index is 11.6. The molecule has 1 aliphatic heterocycles. The van der Waals surface area contributed by atoms with Crippen LogP contribution in [0.15, 0.2) is 52.4 Å². The summed E-state index contributed by atoms with van der Waals surface area (Å²) >= 11 is 1.59. The Morgan fingerprint density at radius 3 is 2.63 bits per heavy atom. The number of aldehydes is 1. The van der Waals surface area contributed by atoms with Gasteiger partial charge in [-0.15, -0.1) is 0 Å². The number of hydrogen-bond donors (Lipinski definition) is 1. The lowest BCUT2D eigenvalue weighted by atomic mass is 10.2. The molecule has 7 nitrogen and oxygen atoms in total. The molecule has 0 saturated heterocycles. The van der Waals surface area contributed by atoms with Gasteiger partial charge in [0, 0.05) is 29.4 Å². The number of carbonyl (C=O) groups excluding carboxylic acids is 1. The van der Waals surface area contributed by atoms with Crippen LogP contribution in [0.2, 0.25) is 0 Å². The Bertz CT molecular complexity index is 1230. The Hall–Kier alpha value is -2.78. The number of aromatic amines is 1. The second kappa shape index (κ2) is 8.16. The number of benzene rings is 2. The highest BCUT2D eigenvalue weighted by atomic mass is 32.2. The zero-order chi connectivity index (χ0) is 21.3. The van der Waals surface area contributed by atoms with Gasteiger partial charge in [-0.05, 0) is 36.4 Å². The number of aliphatic imine (C=N–C) groups is 1. The average molecular weight is 445 g/mol. The summed E-state index contributed by atoms with van der Waals surface area (Å²) in [6.45, 7) is 0.628. The predicted octanol–water partition coefficient (Wildman–Crippen LogP) is 3.82. The molecule has 0 spiro atoms. The molecule has 4 rings (SSSR count). The molecule has 2 heterocycles. The van der Waals surface area contributed by atoms with Crippen LogP contribution in [0.3, 0.4) is 0 Å². The van der Waals surface area contributed by atoms with E-state index in [2.05, 4.69) is 9.98 Å². The number of aromatic nitrogens is 1. The first-order valence-electron chi connectivity index (χ1n) is 9.21. The quantitative estimate of drug-likeness (QED) is 0.556. The lowest BCUT2D eigenvalue weighted by molar-refractivity contribution is -0.107. The van der Waals surface area contributed by atoms with Gasteiger partial charge in [0.1, 0.15) is 28.6 Å². The third-order valence-electron chi connectivity index (χ3n) is 4.68. The molecule has 1 aliphatic rings. The second-order valence-corrected chi connectivity index (χ2v) is 10.2. The summed E-state index contributed by atoms with van der Waals surface area (Å²) < 4.78 is 34.7. The van der Waals surface area contributed by atoms with Gasteiger partial charge in [-0.1, -0.05) is 11.8 Å². The van der Waals surface area contributed by atoms with Crippen molar-refractivity contribution in [1.29, 1.82) is 0 Å². The Kier molecular flexibility index (Phi) is 5.57. The first-order valence-corrected chi connectivity index (χ1v) is 12.0. The van der Waals surface area contributed by atoms with Crippen molar-refractivity contribution < 1.29 is 22.7 Å². The minimum atomic E-state index is -3.26. The van der Waals surface area contributed by atoms with Crippen LogP contribution < -0.4 is 9.47 Å². The molecule has 1 N–H and O–H groups in total. The van der Waals surface area contributed by atoms with Gasteiger partial charge in [0.2, 0.25) is 0 Å². The van der Waals surface area contributed by atoms with Gasteiger partial charge in [-0.25, -0.2) is 8.42 Å². The Balaban J connectivity index is 1.62. The summed E-state index contributed by atoms with van der Waals surface area (Å²) in [5.41, 5.74) is 1.70. The minimum Gasteiger partial charge on any atom is -0.494 e. The van der Waals surface area contributed by atoms with Gasteiger partial charge < -0.3 is 19.3 Å². The highest BCUT2D eigenvalue weighted by Gasteiger charge is 2.22. The lowest BCUT2D eigenvalue weighted by Crippen LogP contribution is -2.03. The summed E-state index contributed by atoms with van der Waals surface area (Å²) in [6, 6.07) is 11.9. The van der Waals surface area contributed by atoms with E-state index in [-0.39, 0.29) is 10.1 Å². The third-order valence-corrected chi connectivity index (χ3v) is 7.06. The largest absolute Gasteiger partial charge is 0.494 e. The normalized spacial score (nSPS) is 16.5. The topological polar surface area (TPSA) is 97.8 Å². The third kappa shape index (κ3) is 4.22. The molecule has 30 heavy (non-hydrogen) atoms. The summed E-state index contributed by atoms with van der Waals surface area (Å²) in [5, 5.41) is 1.95. The Morgan fingerprint density at radius 2 is 1.97 bits per heavy atom. The summed E-state index contributed by atoms with van der Waals surface area (Å²) in [4.78, 5) is 18.9. The van der Waals surface area contributed by atoms with E-state index in [1.54, 1.807) is 37.1 Å². The van der Waals surface area contributed by atoms with E-state index in [9.17, 15) is 13.2 Å². The molecule has 1 unspecified atom stereocenters. The van der Waals surface area contributed by atoms with Crippen LogP contribution >= 0.6 is 11.8 Å². The molecule has 156 valence electrons. The molecule has 1 atom stereocenters. The Labute approximate surface area is 178 Å². The summed E-state index contributed by atoms with van der Waals surface area (Å²) in [7, 11) is -1.67. The van der Waals surface area contributed by atoms with Crippen molar-refractivity contribution in [3.8, 4) is 17.2 Å². The van der Waals surface area contributed by atoms with Crippen molar-refractivity contribution in [1.82, 2.24) is 4.98 Å². The van der Waals surface area contributed by atoms with Crippen molar-refractivity contribution in [3.05, 3.63) is 48.2 Å². The molecule has 0 radical (unpaired) electrons. The van der Waals surface area contributed by atoms with E-state index >= 15 is 0 Å². The number of H-pyrrole nitrogens is 1. The Morgan fingerprint density at radius 1 is 1.20 bits per heavy atom. The predicted molar refractivity (Wildman–Crippen MR) is 118 cm³/mol. The molecule has 1 aromatic heterocycles. The van der Waals surface area contributed by atoms with E-state index < -0.39 is 9.84 Å². The number of rotatable bonds is 7.